The maximum Gasteiger partial charge on any atom is 0.309 e. The summed E-state index contributed by atoms with van der Waals surface area (Å²) in [4.78, 5) is 33.3. The van der Waals surface area contributed by atoms with E-state index in [1.54, 1.807) is 36.5 Å². The molecule has 8 heteroatoms. The van der Waals surface area contributed by atoms with Gasteiger partial charge in [-0.25, -0.2) is 14.4 Å². The second-order valence-electron chi connectivity index (χ2n) is 10.1. The van der Waals surface area contributed by atoms with E-state index in [2.05, 4.69) is 15.3 Å². The number of halogens is 1. The third-order valence-corrected chi connectivity index (χ3v) is 6.02. The molecule has 0 aliphatic heterocycles. The molecule has 2 heterocycles. The van der Waals surface area contributed by atoms with Gasteiger partial charge in [-0.1, -0.05) is 12.1 Å². The molecule has 0 unspecified atom stereocenters. The van der Waals surface area contributed by atoms with Gasteiger partial charge in [0.15, 0.2) is 5.82 Å². The summed E-state index contributed by atoms with van der Waals surface area (Å²) in [5.74, 6) is -0.466. The van der Waals surface area contributed by atoms with Crippen molar-refractivity contribution in [2.24, 2.45) is 5.92 Å². The molecule has 1 aliphatic rings. The van der Waals surface area contributed by atoms with Crippen molar-refractivity contribution in [3.63, 3.8) is 0 Å². The van der Waals surface area contributed by atoms with Gasteiger partial charge in [0.25, 0.3) is 5.56 Å². The first-order chi connectivity index (χ1) is 16.6. The number of rotatable bonds is 5. The zero-order valence-corrected chi connectivity index (χ0v) is 20.5. The molecular weight excluding hydrogens is 447 g/mol. The monoisotopic (exact) mass is 478 g/mol. The maximum atomic E-state index is 14.7. The number of aromatic nitrogens is 3. The van der Waals surface area contributed by atoms with E-state index < -0.39 is 11.4 Å². The van der Waals surface area contributed by atoms with Crippen LogP contribution in [-0.4, -0.2) is 32.1 Å². The third kappa shape index (κ3) is 6.12. The van der Waals surface area contributed by atoms with E-state index in [0.29, 0.717) is 30.0 Å². The number of esters is 1. The number of nitrogens with zero attached hydrogens (tertiary/aromatic N) is 3. The smallest absolute Gasteiger partial charge is 0.309 e. The lowest BCUT2D eigenvalue weighted by atomic mass is 9.86. The molecule has 35 heavy (non-hydrogen) atoms. The molecule has 0 radical (unpaired) electrons. The number of benzene rings is 1. The van der Waals surface area contributed by atoms with Crippen LogP contribution in [0.5, 0.6) is 0 Å². The molecule has 1 fully saturated rings. The maximum absolute atomic E-state index is 14.7. The van der Waals surface area contributed by atoms with Crippen LogP contribution < -0.4 is 10.9 Å². The Kier molecular flexibility index (Phi) is 7.00. The molecule has 0 bridgehead atoms. The Balaban J connectivity index is 1.48. The molecule has 7 nitrogen and oxygen atoms in total. The summed E-state index contributed by atoms with van der Waals surface area (Å²) in [5, 5.41) is 3.29. The number of carbonyl (C=O) groups excluding carboxylic acids is 1. The average molecular weight is 479 g/mol. The van der Waals surface area contributed by atoms with Crippen molar-refractivity contribution in [2.45, 2.75) is 65.0 Å². The van der Waals surface area contributed by atoms with Crippen molar-refractivity contribution < 1.29 is 13.9 Å². The molecular formula is C27H31FN4O3. The van der Waals surface area contributed by atoms with Crippen LogP contribution in [-0.2, 0) is 9.53 Å². The lowest BCUT2D eigenvalue weighted by molar-refractivity contribution is -0.161. The van der Waals surface area contributed by atoms with Crippen LogP contribution in [0.1, 0.15) is 52.0 Å². The Labute approximate surface area is 204 Å². The number of ether oxygens (including phenoxy) is 1. The molecule has 184 valence electrons. The quantitative estimate of drug-likeness (QED) is 0.516. The summed E-state index contributed by atoms with van der Waals surface area (Å²) in [5.41, 5.74) is 1.56. The van der Waals surface area contributed by atoms with E-state index in [9.17, 15) is 14.0 Å². The van der Waals surface area contributed by atoms with Crippen molar-refractivity contribution in [3.8, 4) is 16.9 Å². The van der Waals surface area contributed by atoms with Crippen LogP contribution in [0.25, 0.3) is 16.9 Å². The van der Waals surface area contributed by atoms with Crippen molar-refractivity contribution >= 4 is 11.9 Å². The Bertz CT molecular complexity index is 1270. The number of pyridine rings is 1. The van der Waals surface area contributed by atoms with Gasteiger partial charge in [-0.15, -0.1) is 0 Å². The molecule has 1 saturated carbocycles. The fourth-order valence-electron chi connectivity index (χ4n) is 4.27. The molecule has 0 saturated heterocycles. The number of hydrogen-bond acceptors (Lipinski definition) is 6. The lowest BCUT2D eigenvalue weighted by Crippen LogP contribution is -2.34. The van der Waals surface area contributed by atoms with Crippen molar-refractivity contribution in [2.75, 3.05) is 5.32 Å². The number of anilines is 1. The van der Waals surface area contributed by atoms with Crippen LogP contribution in [0.15, 0.2) is 53.6 Å². The summed E-state index contributed by atoms with van der Waals surface area (Å²) in [6.07, 6.45) is 5.83. The lowest BCUT2D eigenvalue weighted by Gasteiger charge is -2.30. The van der Waals surface area contributed by atoms with Crippen LogP contribution in [0.4, 0.5) is 10.3 Å². The molecule has 0 atom stereocenters. The Morgan fingerprint density at radius 1 is 1.14 bits per heavy atom. The van der Waals surface area contributed by atoms with E-state index in [0.717, 1.165) is 24.6 Å². The van der Waals surface area contributed by atoms with Gasteiger partial charge in [0.05, 0.1) is 12.1 Å². The summed E-state index contributed by atoms with van der Waals surface area (Å²) in [7, 11) is 0. The predicted octanol–water partition coefficient (Wildman–Crippen LogP) is 5.05. The summed E-state index contributed by atoms with van der Waals surface area (Å²) >= 11 is 0. The Morgan fingerprint density at radius 3 is 2.57 bits per heavy atom. The van der Waals surface area contributed by atoms with Crippen LogP contribution >= 0.6 is 0 Å². The van der Waals surface area contributed by atoms with E-state index in [1.165, 1.54) is 4.57 Å². The van der Waals surface area contributed by atoms with Gasteiger partial charge in [-0.2, -0.15) is 0 Å². The van der Waals surface area contributed by atoms with Gasteiger partial charge in [0.2, 0.25) is 5.95 Å². The molecule has 0 amide bonds. The Morgan fingerprint density at radius 2 is 1.89 bits per heavy atom. The topological polar surface area (TPSA) is 86.1 Å². The zero-order valence-electron chi connectivity index (χ0n) is 20.5. The first kappa shape index (κ1) is 24.6. The minimum absolute atomic E-state index is 0.0875. The molecule has 4 rings (SSSR count). The minimum atomic E-state index is -0.544. The second-order valence-corrected chi connectivity index (χ2v) is 10.1. The van der Waals surface area contributed by atoms with Crippen molar-refractivity contribution in [3.05, 3.63) is 70.5 Å². The van der Waals surface area contributed by atoms with Gasteiger partial charge in [0, 0.05) is 29.6 Å². The van der Waals surface area contributed by atoms with Gasteiger partial charge in [0.1, 0.15) is 11.3 Å². The van der Waals surface area contributed by atoms with Gasteiger partial charge in [-0.05, 0) is 77.1 Å². The highest BCUT2D eigenvalue weighted by Crippen LogP contribution is 2.29. The van der Waals surface area contributed by atoms with Crippen molar-refractivity contribution in [1.82, 2.24) is 14.5 Å². The Hall–Kier alpha value is -3.55. The van der Waals surface area contributed by atoms with Crippen LogP contribution in [0.3, 0.4) is 0 Å². The number of nitrogens with one attached hydrogen (secondary N) is 1. The molecule has 1 N–H and O–H groups in total. The first-order valence-corrected chi connectivity index (χ1v) is 11.9. The zero-order chi connectivity index (χ0) is 25.2. The largest absolute Gasteiger partial charge is 0.460 e. The molecule has 2 aromatic heterocycles. The van der Waals surface area contributed by atoms with E-state index in [1.807, 2.05) is 33.8 Å². The fraction of sp³-hybridized carbons (Fsp3) is 0.407. The molecule has 1 aliphatic carbocycles. The number of aryl methyl sites for hydroxylation is 1. The molecule has 3 aromatic rings. The highest BCUT2D eigenvalue weighted by Gasteiger charge is 2.30. The van der Waals surface area contributed by atoms with Gasteiger partial charge >= 0.3 is 5.97 Å². The molecule has 1 aromatic carbocycles. The predicted molar refractivity (Wildman–Crippen MR) is 133 cm³/mol. The van der Waals surface area contributed by atoms with Crippen molar-refractivity contribution in [1.29, 1.82) is 0 Å². The highest BCUT2D eigenvalue weighted by atomic mass is 19.1. The second kappa shape index (κ2) is 9.98. The average Bonchev–Trinajstić information content (AvgIpc) is 2.80. The van der Waals surface area contributed by atoms with E-state index in [-0.39, 0.29) is 29.2 Å². The first-order valence-electron chi connectivity index (χ1n) is 11.9. The standard InChI is InChI=1S/C27H31FN4O3/c1-17-12-13-32(23(33)14-17)21-7-5-6-19(15-21)24-22(28)16-29-26(31-24)30-20-10-8-18(9-11-20)25(34)35-27(2,3)4/h5-7,12-16,18,20H,8-11H2,1-4H3,(H,29,30,31). The molecule has 0 spiro atoms. The normalized spacial score (nSPS) is 18.2. The van der Waals surface area contributed by atoms with Crippen LogP contribution in [0, 0.1) is 18.7 Å². The minimum Gasteiger partial charge on any atom is -0.460 e. The summed E-state index contributed by atoms with van der Waals surface area (Å²) < 4.78 is 21.7. The SMILES string of the molecule is Cc1ccn(-c2cccc(-c3nc(NC4CCC(C(=O)OC(C)(C)C)CC4)ncc3F)c2)c(=O)c1. The summed E-state index contributed by atoms with van der Waals surface area (Å²) in [6, 6.07) is 10.5. The van der Waals surface area contributed by atoms with E-state index >= 15 is 0 Å². The van der Waals surface area contributed by atoms with E-state index in [4.69, 9.17) is 4.74 Å². The van der Waals surface area contributed by atoms with Crippen LogP contribution in [0.2, 0.25) is 0 Å². The highest BCUT2D eigenvalue weighted by molar-refractivity contribution is 5.73. The fourth-order valence-corrected chi connectivity index (χ4v) is 4.27. The summed E-state index contributed by atoms with van der Waals surface area (Å²) in [6.45, 7) is 7.47. The number of hydrogen-bond donors (Lipinski definition) is 1. The van der Waals surface area contributed by atoms with Gasteiger partial charge < -0.3 is 10.1 Å². The number of carbonyl (C=O) groups is 1. The van der Waals surface area contributed by atoms with Gasteiger partial charge in [-0.3, -0.25) is 14.2 Å². The third-order valence-electron chi connectivity index (χ3n) is 6.02.